The first-order valence-corrected chi connectivity index (χ1v) is 9.94. The number of aromatic hydroxyl groups is 1. The van der Waals surface area contributed by atoms with Gasteiger partial charge in [-0.25, -0.2) is 9.98 Å². The van der Waals surface area contributed by atoms with Gasteiger partial charge in [0, 0.05) is 23.4 Å². The number of pyridine rings is 1. The number of ether oxygens (including phenoxy) is 2. The number of para-hydroxylation sites is 1. The molecule has 5 heteroatoms. The third-order valence-corrected chi connectivity index (χ3v) is 5.64. The second-order valence-corrected chi connectivity index (χ2v) is 7.57. The molecule has 0 saturated carbocycles. The molecule has 3 aromatic carbocycles. The first-order valence-electron chi connectivity index (χ1n) is 9.94. The molecule has 2 atom stereocenters. The number of phenols is 1. The van der Waals surface area contributed by atoms with Crippen molar-refractivity contribution in [2.75, 3.05) is 0 Å². The van der Waals surface area contributed by atoms with E-state index in [1.165, 1.54) is 11.1 Å². The van der Waals surface area contributed by atoms with Crippen molar-refractivity contribution in [1.29, 1.82) is 0 Å². The lowest BCUT2D eigenvalue weighted by Gasteiger charge is -2.10. The van der Waals surface area contributed by atoms with Crippen LogP contribution in [0, 0.1) is 0 Å². The third kappa shape index (κ3) is 2.78. The number of aromatic nitrogens is 1. The highest BCUT2D eigenvalue weighted by Gasteiger charge is 2.39. The maximum absolute atomic E-state index is 10.0. The summed E-state index contributed by atoms with van der Waals surface area (Å²) in [5.74, 6) is 1.83. The normalized spacial score (nSPS) is 19.1. The standard InChI is InChI=1S/C25H18N2O3/c28-20-10-4-6-15-11-12-22(26-23(15)20)29-18-8-3-7-17(13-18)25-27-24-19-9-2-1-5-16(19)14-21(24)30-25/h1-13,21,24,28H,14H2/t21-,24+/m0/s1. The largest absolute Gasteiger partial charge is 0.506 e. The number of hydrogen-bond donors (Lipinski definition) is 1. The third-order valence-electron chi connectivity index (χ3n) is 5.64. The Bertz CT molecular complexity index is 1310. The maximum Gasteiger partial charge on any atom is 0.219 e. The van der Waals surface area contributed by atoms with Crippen LogP contribution in [0.1, 0.15) is 22.7 Å². The molecule has 2 heterocycles. The first-order chi connectivity index (χ1) is 14.7. The van der Waals surface area contributed by atoms with Crippen LogP contribution in [0.4, 0.5) is 0 Å². The summed E-state index contributed by atoms with van der Waals surface area (Å²) in [7, 11) is 0. The topological polar surface area (TPSA) is 63.9 Å². The Morgan fingerprint density at radius 2 is 1.83 bits per heavy atom. The molecule has 0 unspecified atom stereocenters. The Hall–Kier alpha value is -3.86. The van der Waals surface area contributed by atoms with Gasteiger partial charge in [0.1, 0.15) is 29.2 Å². The second kappa shape index (κ2) is 6.59. The van der Waals surface area contributed by atoms with Crippen molar-refractivity contribution in [1.82, 2.24) is 4.98 Å². The molecule has 5 nitrogen and oxygen atoms in total. The Balaban J connectivity index is 1.29. The molecule has 0 amide bonds. The molecular weight excluding hydrogens is 376 g/mol. The van der Waals surface area contributed by atoms with Gasteiger partial charge in [-0.3, -0.25) is 0 Å². The van der Waals surface area contributed by atoms with E-state index in [-0.39, 0.29) is 17.9 Å². The van der Waals surface area contributed by atoms with E-state index in [4.69, 9.17) is 14.5 Å². The molecule has 1 aliphatic heterocycles. The van der Waals surface area contributed by atoms with E-state index in [0.717, 1.165) is 17.4 Å². The predicted octanol–water partition coefficient (Wildman–Crippen LogP) is 5.18. The van der Waals surface area contributed by atoms with Gasteiger partial charge < -0.3 is 14.6 Å². The molecular formula is C25H18N2O3. The van der Waals surface area contributed by atoms with E-state index in [0.29, 0.717) is 23.0 Å². The Morgan fingerprint density at radius 3 is 2.80 bits per heavy atom. The number of nitrogens with zero attached hydrogens (tertiary/aromatic N) is 2. The number of aliphatic imine (C=N–C) groups is 1. The summed E-state index contributed by atoms with van der Waals surface area (Å²) in [6.45, 7) is 0. The average molecular weight is 394 g/mol. The molecule has 6 rings (SSSR count). The molecule has 1 aliphatic carbocycles. The molecule has 0 radical (unpaired) electrons. The van der Waals surface area contributed by atoms with Crippen LogP contribution >= 0.6 is 0 Å². The van der Waals surface area contributed by atoms with Crippen LogP contribution in [0.15, 0.2) is 83.9 Å². The van der Waals surface area contributed by atoms with Gasteiger partial charge in [0.25, 0.3) is 0 Å². The van der Waals surface area contributed by atoms with E-state index in [2.05, 4.69) is 29.2 Å². The highest BCUT2D eigenvalue weighted by Crippen LogP contribution is 2.41. The van der Waals surface area contributed by atoms with Crippen LogP contribution in [0.2, 0.25) is 0 Å². The number of hydrogen-bond acceptors (Lipinski definition) is 5. The van der Waals surface area contributed by atoms with Crippen LogP contribution < -0.4 is 4.74 Å². The predicted molar refractivity (Wildman–Crippen MR) is 114 cm³/mol. The van der Waals surface area contributed by atoms with Gasteiger partial charge in [-0.15, -0.1) is 0 Å². The van der Waals surface area contributed by atoms with Crippen molar-refractivity contribution in [3.8, 4) is 17.4 Å². The molecule has 0 bridgehead atoms. The van der Waals surface area contributed by atoms with Crippen molar-refractivity contribution in [2.24, 2.45) is 4.99 Å². The fourth-order valence-corrected chi connectivity index (χ4v) is 4.22. The fourth-order valence-electron chi connectivity index (χ4n) is 4.22. The SMILES string of the molecule is Oc1cccc2ccc(Oc3cccc(C4=N[C@@H]5c6ccccc6C[C@@H]5O4)c3)nc12. The van der Waals surface area contributed by atoms with Crippen LogP contribution in [0.5, 0.6) is 17.4 Å². The molecule has 146 valence electrons. The molecule has 2 aliphatic rings. The highest BCUT2D eigenvalue weighted by atomic mass is 16.5. The molecule has 0 spiro atoms. The van der Waals surface area contributed by atoms with E-state index < -0.39 is 0 Å². The van der Waals surface area contributed by atoms with Crippen LogP contribution in [-0.4, -0.2) is 22.1 Å². The Kier molecular flexibility index (Phi) is 3.74. The van der Waals surface area contributed by atoms with Crippen LogP contribution in [-0.2, 0) is 11.2 Å². The van der Waals surface area contributed by atoms with Crippen LogP contribution in [0.3, 0.4) is 0 Å². The number of rotatable bonds is 3. The zero-order chi connectivity index (χ0) is 20.1. The zero-order valence-corrected chi connectivity index (χ0v) is 16.0. The second-order valence-electron chi connectivity index (χ2n) is 7.57. The number of benzene rings is 3. The molecule has 0 saturated heterocycles. The summed E-state index contributed by atoms with van der Waals surface area (Å²) in [4.78, 5) is 9.29. The van der Waals surface area contributed by atoms with Crippen molar-refractivity contribution in [2.45, 2.75) is 18.6 Å². The van der Waals surface area contributed by atoms with Gasteiger partial charge in [-0.05, 0) is 41.5 Å². The van der Waals surface area contributed by atoms with Crippen molar-refractivity contribution >= 4 is 16.8 Å². The van der Waals surface area contributed by atoms with Crippen molar-refractivity contribution in [3.63, 3.8) is 0 Å². The molecule has 30 heavy (non-hydrogen) atoms. The Morgan fingerprint density at radius 1 is 0.933 bits per heavy atom. The summed E-state index contributed by atoms with van der Waals surface area (Å²) in [5, 5.41) is 10.9. The number of phenolic OH excluding ortho intramolecular Hbond substituents is 1. The van der Waals surface area contributed by atoms with E-state index in [1.54, 1.807) is 18.2 Å². The molecule has 0 fully saturated rings. The molecule has 4 aromatic rings. The van der Waals surface area contributed by atoms with Gasteiger partial charge in [0.05, 0.1) is 0 Å². The quantitative estimate of drug-likeness (QED) is 0.520. The highest BCUT2D eigenvalue weighted by molar-refractivity contribution is 5.96. The van der Waals surface area contributed by atoms with Gasteiger partial charge in [0.15, 0.2) is 0 Å². The summed E-state index contributed by atoms with van der Waals surface area (Å²) in [5.41, 5.74) is 3.97. The lowest BCUT2D eigenvalue weighted by atomic mass is 10.1. The smallest absolute Gasteiger partial charge is 0.219 e. The molecule has 1 aromatic heterocycles. The monoisotopic (exact) mass is 394 g/mol. The number of fused-ring (bicyclic) bond motifs is 4. The van der Waals surface area contributed by atoms with E-state index >= 15 is 0 Å². The minimum absolute atomic E-state index is 0.0610. The maximum atomic E-state index is 10.0. The van der Waals surface area contributed by atoms with Crippen molar-refractivity contribution in [3.05, 3.63) is 95.6 Å². The van der Waals surface area contributed by atoms with Crippen LogP contribution in [0.25, 0.3) is 10.9 Å². The van der Waals surface area contributed by atoms with Gasteiger partial charge in [0.2, 0.25) is 11.8 Å². The lowest BCUT2D eigenvalue weighted by Crippen LogP contribution is -2.13. The van der Waals surface area contributed by atoms with E-state index in [9.17, 15) is 5.11 Å². The summed E-state index contributed by atoms with van der Waals surface area (Å²) < 4.78 is 12.1. The van der Waals surface area contributed by atoms with Crippen molar-refractivity contribution < 1.29 is 14.6 Å². The van der Waals surface area contributed by atoms with E-state index in [1.807, 2.05) is 36.4 Å². The summed E-state index contributed by atoms with van der Waals surface area (Å²) >= 11 is 0. The average Bonchev–Trinajstić information content (AvgIpc) is 3.33. The van der Waals surface area contributed by atoms with Gasteiger partial charge in [-0.1, -0.05) is 42.5 Å². The minimum atomic E-state index is 0.0610. The van der Waals surface area contributed by atoms with Gasteiger partial charge >= 0.3 is 0 Å². The fraction of sp³-hybridized carbons (Fsp3) is 0.120. The zero-order valence-electron chi connectivity index (χ0n) is 16.0. The lowest BCUT2D eigenvalue weighted by molar-refractivity contribution is 0.206. The van der Waals surface area contributed by atoms with Gasteiger partial charge in [-0.2, -0.15) is 0 Å². The first kappa shape index (κ1) is 17.0. The summed E-state index contributed by atoms with van der Waals surface area (Å²) in [6, 6.07) is 25.1. The summed E-state index contributed by atoms with van der Waals surface area (Å²) in [6.07, 6.45) is 0.946. The Labute approximate surface area is 173 Å². The minimum Gasteiger partial charge on any atom is -0.506 e. The molecule has 1 N–H and O–H groups in total.